The second-order valence-electron chi connectivity index (χ2n) is 8.35. The number of amides is 2. The molecule has 0 saturated carbocycles. The third kappa shape index (κ3) is 5.51. The lowest BCUT2D eigenvalue weighted by Gasteiger charge is -2.40. The Kier molecular flexibility index (Phi) is 9.27. The van der Waals surface area contributed by atoms with E-state index in [-0.39, 0.29) is 38.8 Å². The Balaban J connectivity index is 2.11. The Morgan fingerprint density at radius 1 is 1.26 bits per heavy atom. The van der Waals surface area contributed by atoms with Crippen molar-refractivity contribution in [3.05, 3.63) is 47.1 Å². The lowest BCUT2D eigenvalue weighted by atomic mass is 9.77. The number of carbonyl (C=O) groups is 2. The first kappa shape index (κ1) is 26.7. The van der Waals surface area contributed by atoms with E-state index in [4.69, 9.17) is 14.2 Å². The predicted octanol–water partition coefficient (Wildman–Crippen LogP) is 0.251. The average Bonchev–Trinajstić information content (AvgIpc) is 3.26. The van der Waals surface area contributed by atoms with Gasteiger partial charge in [-0.1, -0.05) is 13.0 Å². The van der Waals surface area contributed by atoms with Gasteiger partial charge >= 0.3 is 0 Å². The largest absolute Gasteiger partial charge is 0.493 e. The summed E-state index contributed by atoms with van der Waals surface area (Å²) in [4.78, 5) is 27.7. The number of aliphatic hydroxyl groups excluding tert-OH is 3. The first-order chi connectivity index (χ1) is 16.9. The van der Waals surface area contributed by atoms with Gasteiger partial charge in [-0.25, -0.2) is 0 Å². The fourth-order valence-electron chi connectivity index (χ4n) is 4.53. The molecule has 4 unspecified atom stereocenters. The van der Waals surface area contributed by atoms with Gasteiger partial charge in [-0.2, -0.15) is 0 Å². The van der Waals surface area contributed by atoms with E-state index >= 15 is 0 Å². The second kappa shape index (κ2) is 12.2. The summed E-state index contributed by atoms with van der Waals surface area (Å²) in [6.45, 7) is 1.89. The Morgan fingerprint density at radius 2 is 2.03 bits per heavy atom. The minimum Gasteiger partial charge on any atom is -0.493 e. The van der Waals surface area contributed by atoms with Crippen LogP contribution in [0.3, 0.4) is 0 Å². The van der Waals surface area contributed by atoms with Crippen LogP contribution < -0.4 is 14.8 Å². The van der Waals surface area contributed by atoms with Gasteiger partial charge < -0.3 is 39.7 Å². The molecule has 0 spiro atoms. The molecule has 2 amide bonds. The van der Waals surface area contributed by atoms with E-state index in [1.54, 1.807) is 24.3 Å². The molecule has 0 fully saturated rings. The minimum absolute atomic E-state index is 0.0417. The van der Waals surface area contributed by atoms with Gasteiger partial charge in [-0.15, -0.1) is 0 Å². The summed E-state index contributed by atoms with van der Waals surface area (Å²) < 4.78 is 16.8. The van der Waals surface area contributed by atoms with Crippen molar-refractivity contribution >= 4 is 11.8 Å². The number of fused-ring (bicyclic) bond motifs is 3. The molecular weight excluding hydrogens is 456 g/mol. The topological polar surface area (TPSA) is 138 Å². The van der Waals surface area contributed by atoms with Gasteiger partial charge in [0.1, 0.15) is 12.2 Å². The fourth-order valence-corrected chi connectivity index (χ4v) is 4.53. The molecule has 3 rings (SSSR count). The lowest BCUT2D eigenvalue weighted by Crippen LogP contribution is -2.56. The summed E-state index contributed by atoms with van der Waals surface area (Å²) in [6, 6.07) is 2.49. The van der Waals surface area contributed by atoms with E-state index in [2.05, 4.69) is 5.32 Å². The molecule has 2 aliphatic rings. The minimum atomic E-state index is -1.17. The van der Waals surface area contributed by atoms with Crippen LogP contribution in [0, 0.1) is 0 Å². The zero-order chi connectivity index (χ0) is 25.5. The molecule has 0 radical (unpaired) electrons. The molecule has 1 aromatic rings. The third-order valence-electron chi connectivity index (χ3n) is 6.17. The van der Waals surface area contributed by atoms with Crippen LogP contribution in [0.1, 0.15) is 30.4 Å². The van der Waals surface area contributed by atoms with Crippen LogP contribution in [0.5, 0.6) is 11.5 Å². The molecule has 35 heavy (non-hydrogen) atoms. The molecule has 10 nitrogen and oxygen atoms in total. The van der Waals surface area contributed by atoms with Crippen LogP contribution >= 0.6 is 0 Å². The highest BCUT2D eigenvalue weighted by molar-refractivity contribution is 5.96. The Bertz CT molecular complexity index is 976. The highest BCUT2D eigenvalue weighted by Gasteiger charge is 2.51. The van der Waals surface area contributed by atoms with Gasteiger partial charge in [0.05, 0.1) is 38.9 Å². The smallest absolute Gasteiger partial charge is 0.247 e. The summed E-state index contributed by atoms with van der Waals surface area (Å²) in [7, 11) is 2.99. The average molecular weight is 491 g/mol. The second-order valence-corrected chi connectivity index (χ2v) is 8.35. The number of hydrogen-bond acceptors (Lipinski definition) is 8. The van der Waals surface area contributed by atoms with E-state index in [1.165, 1.54) is 25.2 Å². The van der Waals surface area contributed by atoms with Crippen molar-refractivity contribution in [1.82, 2.24) is 10.2 Å². The SMILES string of the molecule is CCC=CC(=O)N(CCOC)C1C=C(C(=O)NCCO)C2c3cc(CO)cc(OC)c3OC2C1O. The quantitative estimate of drug-likeness (QED) is 0.324. The number of carbonyl (C=O) groups excluding carboxylic acids is 2. The first-order valence-electron chi connectivity index (χ1n) is 11.6. The summed E-state index contributed by atoms with van der Waals surface area (Å²) in [6.07, 6.45) is 3.36. The van der Waals surface area contributed by atoms with E-state index in [1.807, 2.05) is 6.92 Å². The molecule has 4 N–H and O–H groups in total. The number of hydrogen-bond donors (Lipinski definition) is 4. The van der Waals surface area contributed by atoms with Crippen molar-refractivity contribution in [2.75, 3.05) is 40.5 Å². The summed E-state index contributed by atoms with van der Waals surface area (Å²) in [5.74, 6) is -0.688. The zero-order valence-corrected chi connectivity index (χ0v) is 20.3. The lowest BCUT2D eigenvalue weighted by molar-refractivity contribution is -0.133. The Hall–Kier alpha value is -2.92. The number of methoxy groups -OCH3 is 2. The maximum Gasteiger partial charge on any atom is 0.247 e. The molecule has 1 heterocycles. The molecule has 1 aromatic carbocycles. The van der Waals surface area contributed by atoms with Crippen LogP contribution in [0.4, 0.5) is 0 Å². The van der Waals surface area contributed by atoms with E-state index < -0.39 is 30.1 Å². The summed E-state index contributed by atoms with van der Waals surface area (Å²) in [5, 5.41) is 33.0. The molecule has 4 atom stereocenters. The third-order valence-corrected chi connectivity index (χ3v) is 6.17. The summed E-state index contributed by atoms with van der Waals surface area (Å²) in [5.41, 5.74) is 1.46. The van der Waals surface area contributed by atoms with Crippen molar-refractivity contribution in [2.24, 2.45) is 0 Å². The first-order valence-corrected chi connectivity index (χ1v) is 11.6. The number of rotatable bonds is 11. The molecule has 1 aliphatic heterocycles. The maximum atomic E-state index is 13.2. The van der Waals surface area contributed by atoms with E-state index in [9.17, 15) is 24.9 Å². The van der Waals surface area contributed by atoms with Gasteiger partial charge in [0, 0.05) is 31.3 Å². The van der Waals surface area contributed by atoms with Crippen molar-refractivity contribution in [2.45, 2.75) is 44.1 Å². The van der Waals surface area contributed by atoms with E-state index in [0.29, 0.717) is 34.6 Å². The summed E-state index contributed by atoms with van der Waals surface area (Å²) >= 11 is 0. The fraction of sp³-hybridized carbons (Fsp3) is 0.520. The van der Waals surface area contributed by atoms with Crippen LogP contribution in [0.15, 0.2) is 35.9 Å². The van der Waals surface area contributed by atoms with Crippen molar-refractivity contribution in [3.8, 4) is 11.5 Å². The van der Waals surface area contributed by atoms with Gasteiger partial charge in [-0.3, -0.25) is 9.59 Å². The van der Waals surface area contributed by atoms with Crippen LogP contribution in [0.2, 0.25) is 0 Å². The molecule has 0 aromatic heterocycles. The Morgan fingerprint density at radius 3 is 2.66 bits per heavy atom. The standard InChI is InChI=1S/C25H34N2O8/c1-4-5-6-20(30)27(8-10-33-2)18-13-17(25(32)26-7-9-28)21-16-11-15(14-29)12-19(34-3)23(16)35-24(21)22(18)31/h5-6,11-13,18,21-22,24,28-29,31H,4,7-10,14H2,1-3H3,(H,26,32). The molecular formula is C25H34N2O8. The van der Waals surface area contributed by atoms with Crippen molar-refractivity contribution in [3.63, 3.8) is 0 Å². The number of nitrogens with one attached hydrogen (secondary N) is 1. The zero-order valence-electron chi connectivity index (χ0n) is 20.3. The molecule has 0 bridgehead atoms. The number of benzene rings is 1. The molecule has 192 valence electrons. The maximum absolute atomic E-state index is 13.2. The normalized spacial score (nSPS) is 22.7. The monoisotopic (exact) mass is 490 g/mol. The van der Waals surface area contributed by atoms with Crippen LogP contribution in [0.25, 0.3) is 0 Å². The number of nitrogens with zero attached hydrogens (tertiary/aromatic N) is 1. The van der Waals surface area contributed by atoms with Crippen LogP contribution in [-0.4, -0.2) is 90.8 Å². The highest BCUT2D eigenvalue weighted by atomic mass is 16.5. The molecule has 1 aliphatic carbocycles. The van der Waals surface area contributed by atoms with Gasteiger partial charge in [0.2, 0.25) is 11.8 Å². The van der Waals surface area contributed by atoms with Crippen molar-refractivity contribution < 1.29 is 39.1 Å². The molecule has 10 heteroatoms. The van der Waals surface area contributed by atoms with Gasteiger partial charge in [0.25, 0.3) is 0 Å². The van der Waals surface area contributed by atoms with Gasteiger partial charge in [0.15, 0.2) is 11.5 Å². The Labute approximate surface area is 204 Å². The number of ether oxygens (including phenoxy) is 3. The van der Waals surface area contributed by atoms with Crippen molar-refractivity contribution in [1.29, 1.82) is 0 Å². The number of aliphatic hydroxyl groups is 3. The van der Waals surface area contributed by atoms with Gasteiger partial charge in [-0.05, 0) is 36.3 Å². The highest BCUT2D eigenvalue weighted by Crippen LogP contribution is 2.51. The number of allylic oxidation sites excluding steroid dienone is 1. The molecule has 0 saturated heterocycles. The van der Waals surface area contributed by atoms with Crippen LogP contribution in [-0.2, 0) is 20.9 Å². The predicted molar refractivity (Wildman–Crippen MR) is 127 cm³/mol. The van der Waals surface area contributed by atoms with E-state index in [0.717, 1.165) is 0 Å².